The van der Waals surface area contributed by atoms with Crippen LogP contribution in [-0.2, 0) is 11.3 Å². The minimum atomic E-state index is -0.434. The number of rotatable bonds is 6. The van der Waals surface area contributed by atoms with E-state index in [1.165, 1.54) is 14.2 Å². The van der Waals surface area contributed by atoms with Crippen molar-refractivity contribution in [2.24, 2.45) is 0 Å². The predicted molar refractivity (Wildman–Crippen MR) is 82.0 cm³/mol. The summed E-state index contributed by atoms with van der Waals surface area (Å²) in [6.45, 7) is 4.69. The quantitative estimate of drug-likeness (QED) is 0.472. The van der Waals surface area contributed by atoms with Crippen LogP contribution in [0.15, 0.2) is 30.9 Å². The standard InChI is InChI=1S/C14H18N2O3S/c1-4-7-15-14(20)16-9-10-5-6-12(18-2)11(8-10)13(17)19-3/h4-6,8H,1,7,9H2,2-3H3,(H2,15,16,20). The lowest BCUT2D eigenvalue weighted by atomic mass is 10.1. The van der Waals surface area contributed by atoms with Gasteiger partial charge in [-0.25, -0.2) is 4.79 Å². The molecule has 0 unspecified atom stereocenters. The lowest BCUT2D eigenvalue weighted by Gasteiger charge is -2.11. The summed E-state index contributed by atoms with van der Waals surface area (Å²) in [5.74, 6) is 0.0454. The highest BCUT2D eigenvalue weighted by molar-refractivity contribution is 7.80. The SMILES string of the molecule is C=CCNC(=S)NCc1ccc(OC)c(C(=O)OC)c1. The fraction of sp³-hybridized carbons (Fsp3) is 0.286. The highest BCUT2D eigenvalue weighted by atomic mass is 32.1. The Morgan fingerprint density at radius 3 is 2.75 bits per heavy atom. The molecule has 0 aliphatic heterocycles. The van der Waals surface area contributed by atoms with Gasteiger partial charge < -0.3 is 20.1 Å². The Labute approximate surface area is 124 Å². The Morgan fingerprint density at radius 1 is 1.40 bits per heavy atom. The summed E-state index contributed by atoms with van der Waals surface area (Å²) in [5.41, 5.74) is 1.29. The van der Waals surface area contributed by atoms with Gasteiger partial charge in [0.1, 0.15) is 11.3 Å². The van der Waals surface area contributed by atoms with Crippen molar-refractivity contribution >= 4 is 23.3 Å². The van der Waals surface area contributed by atoms with E-state index in [-0.39, 0.29) is 0 Å². The maximum atomic E-state index is 11.7. The van der Waals surface area contributed by atoms with Crippen LogP contribution in [0.1, 0.15) is 15.9 Å². The summed E-state index contributed by atoms with van der Waals surface area (Å²) in [6.07, 6.45) is 1.72. The van der Waals surface area contributed by atoms with Crippen molar-refractivity contribution in [3.63, 3.8) is 0 Å². The van der Waals surface area contributed by atoms with Crippen LogP contribution in [0.5, 0.6) is 5.75 Å². The average Bonchev–Trinajstić information content (AvgIpc) is 2.49. The molecule has 0 saturated heterocycles. The zero-order valence-corrected chi connectivity index (χ0v) is 12.4. The van der Waals surface area contributed by atoms with Gasteiger partial charge in [0.2, 0.25) is 0 Å². The number of hydrogen-bond donors (Lipinski definition) is 2. The molecule has 0 fully saturated rings. The van der Waals surface area contributed by atoms with E-state index in [9.17, 15) is 4.79 Å². The molecule has 0 aromatic heterocycles. The van der Waals surface area contributed by atoms with Gasteiger partial charge in [-0.15, -0.1) is 6.58 Å². The first-order chi connectivity index (χ1) is 9.62. The minimum Gasteiger partial charge on any atom is -0.496 e. The first-order valence-electron chi connectivity index (χ1n) is 6.00. The summed E-state index contributed by atoms with van der Waals surface area (Å²) in [6, 6.07) is 5.30. The van der Waals surface area contributed by atoms with Crippen LogP contribution in [0.4, 0.5) is 0 Å². The van der Waals surface area contributed by atoms with Crippen LogP contribution in [-0.4, -0.2) is 31.8 Å². The van der Waals surface area contributed by atoms with Gasteiger partial charge in [-0.2, -0.15) is 0 Å². The van der Waals surface area contributed by atoms with E-state index >= 15 is 0 Å². The Bertz CT molecular complexity index is 503. The van der Waals surface area contributed by atoms with Crippen molar-refractivity contribution in [1.82, 2.24) is 10.6 Å². The molecule has 0 bridgehead atoms. The van der Waals surface area contributed by atoms with E-state index in [1.54, 1.807) is 18.2 Å². The molecule has 0 amide bonds. The monoisotopic (exact) mass is 294 g/mol. The maximum Gasteiger partial charge on any atom is 0.341 e. The fourth-order valence-electron chi connectivity index (χ4n) is 1.54. The zero-order chi connectivity index (χ0) is 15.0. The predicted octanol–water partition coefficient (Wildman–Crippen LogP) is 1.63. The van der Waals surface area contributed by atoms with E-state index in [1.807, 2.05) is 6.07 Å². The second-order valence-electron chi connectivity index (χ2n) is 3.88. The lowest BCUT2D eigenvalue weighted by molar-refractivity contribution is 0.0597. The van der Waals surface area contributed by atoms with Gasteiger partial charge in [-0.3, -0.25) is 0 Å². The summed E-state index contributed by atoms with van der Waals surface area (Å²) >= 11 is 5.09. The molecule has 0 spiro atoms. The first kappa shape index (κ1) is 16.0. The van der Waals surface area contributed by atoms with Gasteiger partial charge in [0.05, 0.1) is 14.2 Å². The molecule has 0 aliphatic rings. The van der Waals surface area contributed by atoms with E-state index in [0.717, 1.165) is 5.56 Å². The molecule has 0 heterocycles. The van der Waals surface area contributed by atoms with Crippen LogP contribution >= 0.6 is 12.2 Å². The molecule has 5 nitrogen and oxygen atoms in total. The topological polar surface area (TPSA) is 59.6 Å². The van der Waals surface area contributed by atoms with Gasteiger partial charge >= 0.3 is 5.97 Å². The number of nitrogens with one attached hydrogen (secondary N) is 2. The van der Waals surface area contributed by atoms with Crippen LogP contribution in [0.3, 0.4) is 0 Å². The molecule has 6 heteroatoms. The van der Waals surface area contributed by atoms with Crippen molar-refractivity contribution < 1.29 is 14.3 Å². The van der Waals surface area contributed by atoms with Crippen molar-refractivity contribution in [3.8, 4) is 5.75 Å². The number of esters is 1. The molecule has 1 aromatic rings. The second kappa shape index (κ2) is 8.16. The van der Waals surface area contributed by atoms with Crippen molar-refractivity contribution in [1.29, 1.82) is 0 Å². The molecule has 2 N–H and O–H groups in total. The highest BCUT2D eigenvalue weighted by Crippen LogP contribution is 2.20. The van der Waals surface area contributed by atoms with Crippen molar-refractivity contribution in [2.45, 2.75) is 6.54 Å². The van der Waals surface area contributed by atoms with Crippen LogP contribution in [0, 0.1) is 0 Å². The molecular weight excluding hydrogens is 276 g/mol. The van der Waals surface area contributed by atoms with E-state index in [2.05, 4.69) is 17.2 Å². The number of methoxy groups -OCH3 is 2. The second-order valence-corrected chi connectivity index (χ2v) is 4.29. The molecule has 0 radical (unpaired) electrons. The number of carbonyl (C=O) groups is 1. The molecule has 1 rings (SSSR count). The van der Waals surface area contributed by atoms with Crippen LogP contribution in [0.25, 0.3) is 0 Å². The number of carbonyl (C=O) groups excluding carboxylic acids is 1. The fourth-order valence-corrected chi connectivity index (χ4v) is 1.70. The third-order valence-electron chi connectivity index (χ3n) is 2.53. The lowest BCUT2D eigenvalue weighted by Crippen LogP contribution is -2.34. The molecule has 0 saturated carbocycles. The van der Waals surface area contributed by atoms with Gasteiger partial charge in [-0.1, -0.05) is 12.1 Å². The maximum absolute atomic E-state index is 11.7. The third-order valence-corrected chi connectivity index (χ3v) is 2.82. The molecule has 1 aromatic carbocycles. The number of thiocarbonyl (C=S) groups is 1. The minimum absolute atomic E-state index is 0.388. The Kier molecular flexibility index (Phi) is 6.52. The molecule has 0 aliphatic carbocycles. The van der Waals surface area contributed by atoms with Gasteiger partial charge in [-0.05, 0) is 29.9 Å². The number of hydrogen-bond acceptors (Lipinski definition) is 4. The van der Waals surface area contributed by atoms with Gasteiger partial charge in [0, 0.05) is 13.1 Å². The molecule has 0 atom stereocenters. The summed E-state index contributed by atoms with van der Waals surface area (Å²) in [4.78, 5) is 11.7. The van der Waals surface area contributed by atoms with E-state index in [0.29, 0.717) is 29.5 Å². The Balaban J connectivity index is 2.74. The highest BCUT2D eigenvalue weighted by Gasteiger charge is 2.13. The van der Waals surface area contributed by atoms with Crippen LogP contribution in [0.2, 0.25) is 0 Å². The summed E-state index contributed by atoms with van der Waals surface area (Å²) < 4.78 is 9.86. The van der Waals surface area contributed by atoms with Crippen LogP contribution < -0.4 is 15.4 Å². The Hall–Kier alpha value is -2.08. The van der Waals surface area contributed by atoms with Gasteiger partial charge in [0.25, 0.3) is 0 Å². The molecular formula is C14H18N2O3S. The number of ether oxygens (including phenoxy) is 2. The third kappa shape index (κ3) is 4.55. The normalized spacial score (nSPS) is 9.50. The largest absolute Gasteiger partial charge is 0.496 e. The van der Waals surface area contributed by atoms with Gasteiger partial charge in [0.15, 0.2) is 5.11 Å². The summed E-state index contributed by atoms with van der Waals surface area (Å²) in [5, 5.41) is 6.52. The van der Waals surface area contributed by atoms with E-state index in [4.69, 9.17) is 21.7 Å². The Morgan fingerprint density at radius 2 is 2.15 bits per heavy atom. The molecule has 20 heavy (non-hydrogen) atoms. The summed E-state index contributed by atoms with van der Waals surface area (Å²) in [7, 11) is 2.84. The first-order valence-corrected chi connectivity index (χ1v) is 6.41. The zero-order valence-electron chi connectivity index (χ0n) is 11.6. The van der Waals surface area contributed by atoms with Crippen molar-refractivity contribution in [2.75, 3.05) is 20.8 Å². The van der Waals surface area contributed by atoms with Crippen molar-refractivity contribution in [3.05, 3.63) is 42.0 Å². The smallest absolute Gasteiger partial charge is 0.341 e. The average molecular weight is 294 g/mol. The number of benzene rings is 1. The van der Waals surface area contributed by atoms with E-state index < -0.39 is 5.97 Å². The molecule has 108 valence electrons.